The fourth-order valence-corrected chi connectivity index (χ4v) is 2.59. The first kappa shape index (κ1) is 12.2. The van der Waals surface area contributed by atoms with Gasteiger partial charge in [-0.2, -0.15) is 5.10 Å². The molecule has 1 amide bonds. The molecule has 0 unspecified atom stereocenters. The molecule has 2 aliphatic rings. The van der Waals surface area contributed by atoms with Crippen molar-refractivity contribution in [2.45, 2.75) is 32.2 Å². The van der Waals surface area contributed by atoms with Gasteiger partial charge in [-0.3, -0.25) is 14.3 Å². The number of rotatable bonds is 6. The first-order chi connectivity index (χ1) is 9.13. The van der Waals surface area contributed by atoms with E-state index in [0.717, 1.165) is 25.7 Å². The summed E-state index contributed by atoms with van der Waals surface area (Å²) in [6, 6.07) is 1.64. The zero-order chi connectivity index (χ0) is 13.4. The van der Waals surface area contributed by atoms with Crippen LogP contribution in [0, 0.1) is 17.8 Å². The highest BCUT2D eigenvalue weighted by molar-refractivity contribution is 5.92. The van der Waals surface area contributed by atoms with Crippen LogP contribution in [0.1, 0.15) is 25.7 Å². The fraction of sp³-hybridized carbons (Fsp3) is 0.615. The lowest BCUT2D eigenvalue weighted by atomic mass is 9.97. The average molecular weight is 263 g/mol. The Kier molecular flexibility index (Phi) is 3.00. The zero-order valence-corrected chi connectivity index (χ0v) is 10.6. The Labute approximate surface area is 110 Å². The summed E-state index contributed by atoms with van der Waals surface area (Å²) in [5, 5.41) is 15.5. The predicted octanol–water partition coefficient (Wildman–Crippen LogP) is 1.34. The van der Waals surface area contributed by atoms with Gasteiger partial charge in [-0.1, -0.05) is 0 Å². The monoisotopic (exact) mass is 263 g/mol. The van der Waals surface area contributed by atoms with Crippen LogP contribution in [0.5, 0.6) is 0 Å². The topological polar surface area (TPSA) is 84.2 Å². The summed E-state index contributed by atoms with van der Waals surface area (Å²) in [6.45, 7) is -0.190. The summed E-state index contributed by atoms with van der Waals surface area (Å²) in [6.07, 6.45) is 6.18. The second-order valence-corrected chi connectivity index (χ2v) is 5.48. The van der Waals surface area contributed by atoms with Gasteiger partial charge in [0.2, 0.25) is 5.91 Å². The van der Waals surface area contributed by atoms with E-state index in [0.29, 0.717) is 17.7 Å². The van der Waals surface area contributed by atoms with Crippen molar-refractivity contribution in [2.24, 2.45) is 17.8 Å². The van der Waals surface area contributed by atoms with Crippen LogP contribution in [0.3, 0.4) is 0 Å². The van der Waals surface area contributed by atoms with E-state index in [1.54, 1.807) is 12.3 Å². The maximum atomic E-state index is 12.2. The summed E-state index contributed by atoms with van der Waals surface area (Å²) in [7, 11) is 0. The van der Waals surface area contributed by atoms with Gasteiger partial charge in [-0.05, 0) is 37.5 Å². The van der Waals surface area contributed by atoms with E-state index >= 15 is 0 Å². The fourth-order valence-electron chi connectivity index (χ4n) is 2.59. The second kappa shape index (κ2) is 4.68. The minimum atomic E-state index is -0.949. The Bertz CT molecular complexity index is 491. The number of amides is 1. The molecule has 2 fully saturated rings. The number of carbonyl (C=O) groups is 2. The summed E-state index contributed by atoms with van der Waals surface area (Å²) in [5.41, 5.74) is 0. The number of nitrogens with zero attached hydrogens (tertiary/aromatic N) is 2. The van der Waals surface area contributed by atoms with Crippen molar-refractivity contribution in [1.29, 1.82) is 0 Å². The zero-order valence-electron chi connectivity index (χ0n) is 10.6. The van der Waals surface area contributed by atoms with Gasteiger partial charge in [0.15, 0.2) is 5.82 Å². The first-order valence-electron chi connectivity index (χ1n) is 6.69. The van der Waals surface area contributed by atoms with Crippen LogP contribution in [0.2, 0.25) is 0 Å². The highest BCUT2D eigenvalue weighted by Crippen LogP contribution is 2.49. The molecule has 0 aromatic carbocycles. The van der Waals surface area contributed by atoms with E-state index in [-0.39, 0.29) is 18.4 Å². The van der Waals surface area contributed by atoms with E-state index in [1.165, 1.54) is 4.68 Å². The van der Waals surface area contributed by atoms with E-state index < -0.39 is 5.97 Å². The van der Waals surface area contributed by atoms with Crippen LogP contribution in [0.4, 0.5) is 5.82 Å². The lowest BCUT2D eigenvalue weighted by molar-refractivity contribution is -0.137. The lowest BCUT2D eigenvalue weighted by Gasteiger charge is -2.13. The van der Waals surface area contributed by atoms with Crippen LogP contribution in [0.15, 0.2) is 12.3 Å². The van der Waals surface area contributed by atoms with E-state index in [2.05, 4.69) is 10.4 Å². The molecule has 0 saturated heterocycles. The van der Waals surface area contributed by atoms with Crippen molar-refractivity contribution >= 4 is 17.7 Å². The average Bonchev–Trinajstić information content (AvgIpc) is 3.23. The second-order valence-electron chi connectivity index (χ2n) is 5.48. The first-order valence-corrected chi connectivity index (χ1v) is 6.69. The van der Waals surface area contributed by atoms with Crippen molar-refractivity contribution in [3.8, 4) is 0 Å². The smallest absolute Gasteiger partial charge is 0.325 e. The summed E-state index contributed by atoms with van der Waals surface area (Å²) in [5.74, 6) is 0.768. The molecule has 1 aromatic heterocycles. The van der Waals surface area contributed by atoms with Crippen LogP contribution >= 0.6 is 0 Å². The quantitative estimate of drug-likeness (QED) is 0.811. The van der Waals surface area contributed by atoms with Gasteiger partial charge >= 0.3 is 5.97 Å². The highest BCUT2D eigenvalue weighted by Gasteiger charge is 2.45. The molecule has 2 N–H and O–H groups in total. The number of hydrogen-bond acceptors (Lipinski definition) is 3. The van der Waals surface area contributed by atoms with Gasteiger partial charge in [0.05, 0.1) is 0 Å². The number of aromatic nitrogens is 2. The maximum Gasteiger partial charge on any atom is 0.325 e. The number of nitrogens with one attached hydrogen (secondary N) is 1. The molecule has 0 aliphatic heterocycles. The Balaban J connectivity index is 1.61. The third-order valence-electron chi connectivity index (χ3n) is 3.75. The van der Waals surface area contributed by atoms with Crippen molar-refractivity contribution in [3.05, 3.63) is 12.3 Å². The summed E-state index contributed by atoms with van der Waals surface area (Å²) in [4.78, 5) is 22.8. The SMILES string of the molecule is O=C(O)Cn1ccc(NC(=O)C(C2CC2)C2CC2)n1. The molecule has 1 heterocycles. The number of anilines is 1. The van der Waals surface area contributed by atoms with Gasteiger partial charge in [0, 0.05) is 18.2 Å². The van der Waals surface area contributed by atoms with Gasteiger partial charge < -0.3 is 10.4 Å². The van der Waals surface area contributed by atoms with Crippen LogP contribution < -0.4 is 5.32 Å². The molecule has 2 saturated carbocycles. The molecule has 6 nitrogen and oxygen atoms in total. The molecular formula is C13H17N3O3. The van der Waals surface area contributed by atoms with Gasteiger partial charge in [0.1, 0.15) is 6.54 Å². The van der Waals surface area contributed by atoms with Crippen molar-refractivity contribution in [2.75, 3.05) is 5.32 Å². The Morgan fingerprint density at radius 1 is 1.37 bits per heavy atom. The highest BCUT2D eigenvalue weighted by atomic mass is 16.4. The van der Waals surface area contributed by atoms with Crippen molar-refractivity contribution < 1.29 is 14.7 Å². The molecule has 0 spiro atoms. The molecule has 6 heteroatoms. The third kappa shape index (κ3) is 2.94. The minimum absolute atomic E-state index is 0.0468. The number of aliphatic carboxylic acids is 1. The Morgan fingerprint density at radius 2 is 2.00 bits per heavy atom. The largest absolute Gasteiger partial charge is 0.480 e. The number of carboxylic acids is 1. The molecule has 19 heavy (non-hydrogen) atoms. The van der Waals surface area contributed by atoms with Crippen molar-refractivity contribution in [1.82, 2.24) is 9.78 Å². The predicted molar refractivity (Wildman–Crippen MR) is 67.4 cm³/mol. The molecule has 1 aromatic rings. The maximum absolute atomic E-state index is 12.2. The summed E-state index contributed by atoms with van der Waals surface area (Å²) >= 11 is 0. The number of hydrogen-bond donors (Lipinski definition) is 2. The standard InChI is InChI=1S/C13H17N3O3/c17-11(18)7-16-6-5-10(15-16)14-13(19)12(8-1-2-8)9-3-4-9/h5-6,8-9,12H,1-4,7H2,(H,17,18)(H,14,15,19). The molecule has 0 atom stereocenters. The number of carbonyl (C=O) groups excluding carboxylic acids is 1. The minimum Gasteiger partial charge on any atom is -0.480 e. The lowest BCUT2D eigenvalue weighted by Crippen LogP contribution is -2.26. The third-order valence-corrected chi connectivity index (χ3v) is 3.75. The van der Waals surface area contributed by atoms with Crippen LogP contribution in [-0.2, 0) is 16.1 Å². The van der Waals surface area contributed by atoms with E-state index in [1.807, 2.05) is 0 Å². The Hall–Kier alpha value is -1.85. The molecule has 102 valence electrons. The van der Waals surface area contributed by atoms with Crippen molar-refractivity contribution in [3.63, 3.8) is 0 Å². The normalized spacial score (nSPS) is 18.6. The van der Waals surface area contributed by atoms with Gasteiger partial charge in [-0.15, -0.1) is 0 Å². The molecule has 0 bridgehead atoms. The van der Waals surface area contributed by atoms with Crippen LogP contribution in [0.25, 0.3) is 0 Å². The molecule has 2 aliphatic carbocycles. The molecule has 3 rings (SSSR count). The van der Waals surface area contributed by atoms with E-state index in [4.69, 9.17) is 5.11 Å². The molecule has 0 radical (unpaired) electrons. The molecular weight excluding hydrogens is 246 g/mol. The van der Waals surface area contributed by atoms with Crippen LogP contribution in [-0.4, -0.2) is 26.8 Å². The number of carboxylic acid groups (broad SMARTS) is 1. The van der Waals surface area contributed by atoms with E-state index in [9.17, 15) is 9.59 Å². The van der Waals surface area contributed by atoms with Gasteiger partial charge in [0.25, 0.3) is 0 Å². The Morgan fingerprint density at radius 3 is 2.53 bits per heavy atom. The summed E-state index contributed by atoms with van der Waals surface area (Å²) < 4.78 is 1.31. The van der Waals surface area contributed by atoms with Gasteiger partial charge in [-0.25, -0.2) is 0 Å².